The Balaban J connectivity index is 1.59. The van der Waals surface area contributed by atoms with E-state index in [1.54, 1.807) is 18.4 Å². The van der Waals surface area contributed by atoms with Gasteiger partial charge in [-0.1, -0.05) is 30.3 Å². The van der Waals surface area contributed by atoms with Crippen LogP contribution < -0.4 is 15.4 Å². The lowest BCUT2D eigenvalue weighted by Crippen LogP contribution is -2.33. The number of hydrogen-bond donors (Lipinski definition) is 2. The third-order valence-electron chi connectivity index (χ3n) is 5.98. The standard InChI is InChI=1S/C25H24N2O2S/c1-15-5-10-19-20(12-15)27-25(23-4-3-11-30-23)24-21(26-19)13-17(14-22(24)28)16-6-8-18(29-2)9-7-16/h3-13,17,24-27H,14H2,1-2H3. The number of hydrogen-bond acceptors (Lipinski definition) is 5. The first-order chi connectivity index (χ1) is 14.6. The zero-order chi connectivity index (χ0) is 20.7. The highest BCUT2D eigenvalue weighted by Crippen LogP contribution is 2.45. The van der Waals surface area contributed by atoms with Gasteiger partial charge in [0.1, 0.15) is 11.5 Å². The van der Waals surface area contributed by atoms with E-state index < -0.39 is 0 Å². The number of rotatable bonds is 3. The van der Waals surface area contributed by atoms with E-state index in [4.69, 9.17) is 4.74 Å². The lowest BCUT2D eigenvalue weighted by molar-refractivity contribution is -0.122. The average Bonchev–Trinajstić information content (AvgIpc) is 3.23. The molecule has 0 saturated carbocycles. The predicted octanol–water partition coefficient (Wildman–Crippen LogP) is 5.90. The number of aryl methyl sites for hydroxylation is 1. The topological polar surface area (TPSA) is 50.4 Å². The molecule has 1 aliphatic heterocycles. The van der Waals surface area contributed by atoms with E-state index in [1.165, 1.54) is 10.4 Å². The molecule has 3 aromatic rings. The van der Waals surface area contributed by atoms with Crippen molar-refractivity contribution in [3.8, 4) is 5.75 Å². The molecular formula is C25H24N2O2S. The summed E-state index contributed by atoms with van der Waals surface area (Å²) < 4.78 is 5.28. The highest BCUT2D eigenvalue weighted by Gasteiger charge is 2.40. The molecule has 5 heteroatoms. The van der Waals surface area contributed by atoms with Crippen molar-refractivity contribution in [2.45, 2.75) is 25.3 Å². The first-order valence-electron chi connectivity index (χ1n) is 10.2. The summed E-state index contributed by atoms with van der Waals surface area (Å²) in [7, 11) is 1.66. The lowest BCUT2D eigenvalue weighted by atomic mass is 9.78. The number of ketones is 1. The third-order valence-corrected chi connectivity index (χ3v) is 6.93. The summed E-state index contributed by atoms with van der Waals surface area (Å²) in [6, 6.07) is 18.4. The Morgan fingerprint density at radius 1 is 1.07 bits per heavy atom. The summed E-state index contributed by atoms with van der Waals surface area (Å²) in [5, 5.41) is 9.34. The fraction of sp³-hybridized carbons (Fsp3) is 0.240. The van der Waals surface area contributed by atoms with Crippen LogP contribution in [0.4, 0.5) is 11.4 Å². The Labute approximate surface area is 180 Å². The summed E-state index contributed by atoms with van der Waals surface area (Å²) in [6.07, 6.45) is 2.74. The summed E-state index contributed by atoms with van der Waals surface area (Å²) >= 11 is 1.69. The second-order valence-corrected chi connectivity index (χ2v) is 8.94. The Hall–Kier alpha value is -3.05. The van der Waals surface area contributed by atoms with Crippen molar-refractivity contribution in [2.24, 2.45) is 5.92 Å². The second-order valence-electron chi connectivity index (χ2n) is 7.96. The van der Waals surface area contributed by atoms with Crippen LogP contribution in [0.3, 0.4) is 0 Å². The van der Waals surface area contributed by atoms with E-state index in [1.807, 2.05) is 18.2 Å². The Morgan fingerprint density at radius 3 is 2.63 bits per heavy atom. The highest BCUT2D eigenvalue weighted by molar-refractivity contribution is 7.10. The Morgan fingerprint density at radius 2 is 1.90 bits per heavy atom. The molecule has 0 radical (unpaired) electrons. The summed E-state index contributed by atoms with van der Waals surface area (Å²) in [5.74, 6) is 0.908. The van der Waals surface area contributed by atoms with Gasteiger partial charge < -0.3 is 15.4 Å². The fourth-order valence-corrected chi connectivity index (χ4v) is 5.26. The number of Topliss-reactive ketones (excluding diaryl/α,β-unsaturated/α-hetero) is 1. The van der Waals surface area contributed by atoms with Gasteiger partial charge in [0.15, 0.2) is 0 Å². The van der Waals surface area contributed by atoms with Crippen molar-refractivity contribution < 1.29 is 9.53 Å². The van der Waals surface area contributed by atoms with Crippen molar-refractivity contribution >= 4 is 28.5 Å². The smallest absolute Gasteiger partial charge is 0.145 e. The number of carbonyl (C=O) groups is 1. The van der Waals surface area contributed by atoms with Crippen molar-refractivity contribution in [1.82, 2.24) is 0 Å². The maximum atomic E-state index is 13.5. The minimum Gasteiger partial charge on any atom is -0.497 e. The fourth-order valence-electron chi connectivity index (χ4n) is 4.44. The largest absolute Gasteiger partial charge is 0.497 e. The number of allylic oxidation sites excluding steroid dienone is 1. The molecule has 1 aromatic heterocycles. The predicted molar refractivity (Wildman–Crippen MR) is 122 cm³/mol. The van der Waals surface area contributed by atoms with Crippen molar-refractivity contribution in [3.63, 3.8) is 0 Å². The zero-order valence-electron chi connectivity index (χ0n) is 17.0. The number of ether oxygens (including phenoxy) is 1. The van der Waals surface area contributed by atoms with Gasteiger partial charge in [0.2, 0.25) is 0 Å². The van der Waals surface area contributed by atoms with Crippen LogP contribution >= 0.6 is 11.3 Å². The van der Waals surface area contributed by atoms with Crippen LogP contribution in [0.2, 0.25) is 0 Å². The number of methoxy groups -OCH3 is 1. The molecule has 5 rings (SSSR count). The highest BCUT2D eigenvalue weighted by atomic mass is 32.1. The summed E-state index contributed by atoms with van der Waals surface area (Å²) in [4.78, 5) is 14.6. The van der Waals surface area contributed by atoms with Crippen molar-refractivity contribution in [1.29, 1.82) is 0 Å². The Kier molecular flexibility index (Phi) is 4.83. The van der Waals surface area contributed by atoms with Gasteiger partial charge in [0.25, 0.3) is 0 Å². The molecule has 0 spiro atoms. The Bertz CT molecular complexity index is 1100. The summed E-state index contributed by atoms with van der Waals surface area (Å²) in [6.45, 7) is 2.09. The second kappa shape index (κ2) is 7.65. The lowest BCUT2D eigenvalue weighted by Gasteiger charge is -2.31. The third kappa shape index (κ3) is 3.39. The van der Waals surface area contributed by atoms with Gasteiger partial charge in [-0.25, -0.2) is 0 Å². The molecule has 0 fully saturated rings. The number of carbonyl (C=O) groups excluding carboxylic acids is 1. The van der Waals surface area contributed by atoms with E-state index in [9.17, 15) is 4.79 Å². The van der Waals surface area contributed by atoms with Gasteiger partial charge in [0.05, 0.1) is 30.4 Å². The maximum absolute atomic E-state index is 13.5. The molecule has 0 amide bonds. The van der Waals surface area contributed by atoms with Crippen LogP contribution in [0.5, 0.6) is 5.75 Å². The van der Waals surface area contributed by atoms with Crippen LogP contribution in [-0.2, 0) is 4.79 Å². The number of benzene rings is 2. The first-order valence-corrected chi connectivity index (χ1v) is 11.1. The molecule has 2 aliphatic rings. The molecule has 1 aliphatic carbocycles. The molecule has 3 unspecified atom stereocenters. The molecule has 2 heterocycles. The van der Waals surface area contributed by atoms with E-state index in [-0.39, 0.29) is 23.7 Å². The van der Waals surface area contributed by atoms with Crippen molar-refractivity contribution in [2.75, 3.05) is 17.7 Å². The van der Waals surface area contributed by atoms with E-state index >= 15 is 0 Å². The van der Waals surface area contributed by atoms with Crippen LogP contribution in [0.25, 0.3) is 0 Å². The van der Waals surface area contributed by atoms with Crippen LogP contribution in [-0.4, -0.2) is 12.9 Å². The number of nitrogens with one attached hydrogen (secondary N) is 2. The number of anilines is 2. The minimum atomic E-state index is -0.231. The monoisotopic (exact) mass is 416 g/mol. The molecule has 2 aromatic carbocycles. The molecular weight excluding hydrogens is 392 g/mol. The van der Waals surface area contributed by atoms with E-state index in [0.29, 0.717) is 6.42 Å². The molecule has 3 atom stereocenters. The first kappa shape index (κ1) is 18.9. The molecule has 2 N–H and O–H groups in total. The van der Waals surface area contributed by atoms with Crippen LogP contribution in [0.15, 0.2) is 71.8 Å². The quantitative estimate of drug-likeness (QED) is 0.558. The minimum absolute atomic E-state index is 0.0538. The van der Waals surface area contributed by atoms with Gasteiger partial charge in [-0.05, 0) is 53.8 Å². The van der Waals surface area contributed by atoms with Gasteiger partial charge in [-0.2, -0.15) is 0 Å². The molecule has 4 nitrogen and oxygen atoms in total. The van der Waals surface area contributed by atoms with Crippen molar-refractivity contribution in [3.05, 3.63) is 87.8 Å². The molecule has 30 heavy (non-hydrogen) atoms. The summed E-state index contributed by atoms with van der Waals surface area (Å²) in [5.41, 5.74) is 5.36. The van der Waals surface area contributed by atoms with Gasteiger partial charge >= 0.3 is 0 Å². The average molecular weight is 417 g/mol. The van der Waals surface area contributed by atoms with E-state index in [0.717, 1.165) is 28.4 Å². The molecule has 0 bridgehead atoms. The SMILES string of the molecule is COc1ccc(C2C=C3Nc4ccc(C)cc4NC(c4cccs4)C3C(=O)C2)cc1. The number of fused-ring (bicyclic) bond motifs is 2. The maximum Gasteiger partial charge on any atom is 0.145 e. The zero-order valence-corrected chi connectivity index (χ0v) is 17.8. The molecule has 0 saturated heterocycles. The van der Waals surface area contributed by atoms with Gasteiger partial charge in [0, 0.05) is 22.9 Å². The van der Waals surface area contributed by atoms with Crippen LogP contribution in [0.1, 0.15) is 34.4 Å². The van der Waals surface area contributed by atoms with E-state index in [2.05, 4.69) is 65.4 Å². The number of thiophene rings is 1. The normalized spacial score (nSPS) is 22.7. The van der Waals surface area contributed by atoms with Gasteiger partial charge in [-0.15, -0.1) is 11.3 Å². The van der Waals surface area contributed by atoms with Gasteiger partial charge in [-0.3, -0.25) is 4.79 Å². The van der Waals surface area contributed by atoms with Crippen LogP contribution in [0, 0.1) is 12.8 Å². The molecule has 152 valence electrons.